The van der Waals surface area contributed by atoms with Crippen molar-refractivity contribution in [2.24, 2.45) is 0 Å². The van der Waals surface area contributed by atoms with Crippen LogP contribution in [0.5, 0.6) is 0 Å². The summed E-state index contributed by atoms with van der Waals surface area (Å²) < 4.78 is 0. The molecule has 1 aromatic rings. The van der Waals surface area contributed by atoms with Crippen molar-refractivity contribution in [2.45, 2.75) is 52.5 Å². The van der Waals surface area contributed by atoms with Gasteiger partial charge >= 0.3 is 6.03 Å². The summed E-state index contributed by atoms with van der Waals surface area (Å²) in [6, 6.07) is 6.75. The van der Waals surface area contributed by atoms with E-state index in [4.69, 9.17) is 0 Å². The van der Waals surface area contributed by atoms with Crippen molar-refractivity contribution >= 4 is 17.6 Å². The van der Waals surface area contributed by atoms with Gasteiger partial charge in [0.25, 0.3) is 5.91 Å². The SMILES string of the molecule is CCCCCCNC(=O)Nc1ccc(C(=O)NC(C)C)cc1. The van der Waals surface area contributed by atoms with Crippen LogP contribution in [-0.2, 0) is 0 Å². The van der Waals surface area contributed by atoms with Crippen molar-refractivity contribution in [2.75, 3.05) is 11.9 Å². The predicted molar refractivity (Wildman–Crippen MR) is 90.2 cm³/mol. The standard InChI is InChI=1S/C17H27N3O2/c1-4-5-6-7-12-18-17(22)20-15-10-8-14(9-11-15)16(21)19-13(2)3/h8-11,13H,4-7,12H2,1-3H3,(H,19,21)(H2,18,20,22). The molecular formula is C17H27N3O2. The zero-order chi connectivity index (χ0) is 16.4. The lowest BCUT2D eigenvalue weighted by Crippen LogP contribution is -2.30. The fourth-order valence-electron chi connectivity index (χ4n) is 1.98. The smallest absolute Gasteiger partial charge is 0.319 e. The van der Waals surface area contributed by atoms with Gasteiger partial charge in [0.1, 0.15) is 0 Å². The van der Waals surface area contributed by atoms with E-state index in [1.54, 1.807) is 24.3 Å². The second-order valence-electron chi connectivity index (χ2n) is 5.65. The van der Waals surface area contributed by atoms with Crippen LogP contribution in [0, 0.1) is 0 Å². The van der Waals surface area contributed by atoms with E-state index in [9.17, 15) is 9.59 Å². The van der Waals surface area contributed by atoms with E-state index in [1.807, 2.05) is 13.8 Å². The zero-order valence-electron chi connectivity index (χ0n) is 13.7. The Kier molecular flexibility index (Phi) is 8.04. The molecule has 0 unspecified atom stereocenters. The Morgan fingerprint density at radius 1 is 1.05 bits per heavy atom. The first kappa shape index (κ1) is 18.0. The molecule has 3 amide bonds. The third kappa shape index (κ3) is 7.11. The zero-order valence-corrected chi connectivity index (χ0v) is 13.7. The predicted octanol–water partition coefficient (Wildman–Crippen LogP) is 3.53. The van der Waals surface area contributed by atoms with Crippen LogP contribution in [0.15, 0.2) is 24.3 Å². The van der Waals surface area contributed by atoms with Crippen LogP contribution in [0.3, 0.4) is 0 Å². The topological polar surface area (TPSA) is 70.2 Å². The van der Waals surface area contributed by atoms with Gasteiger partial charge in [-0.3, -0.25) is 4.79 Å². The van der Waals surface area contributed by atoms with E-state index in [0.29, 0.717) is 17.8 Å². The first-order chi connectivity index (χ1) is 10.5. The van der Waals surface area contributed by atoms with Crippen LogP contribution in [0.4, 0.5) is 10.5 Å². The van der Waals surface area contributed by atoms with Gasteiger partial charge in [0.2, 0.25) is 0 Å². The summed E-state index contributed by atoms with van der Waals surface area (Å²) in [4.78, 5) is 23.5. The molecule has 0 fully saturated rings. The summed E-state index contributed by atoms with van der Waals surface area (Å²) in [6.45, 7) is 6.67. The van der Waals surface area contributed by atoms with E-state index in [2.05, 4.69) is 22.9 Å². The van der Waals surface area contributed by atoms with Crippen LogP contribution in [0.1, 0.15) is 56.8 Å². The van der Waals surface area contributed by atoms with Crippen LogP contribution >= 0.6 is 0 Å². The second-order valence-corrected chi connectivity index (χ2v) is 5.65. The van der Waals surface area contributed by atoms with Gasteiger partial charge in [-0.05, 0) is 44.5 Å². The Morgan fingerprint density at radius 3 is 2.32 bits per heavy atom. The lowest BCUT2D eigenvalue weighted by atomic mass is 10.2. The molecule has 5 heteroatoms. The van der Waals surface area contributed by atoms with E-state index in [-0.39, 0.29) is 18.0 Å². The molecule has 5 nitrogen and oxygen atoms in total. The maximum absolute atomic E-state index is 11.8. The van der Waals surface area contributed by atoms with Crippen molar-refractivity contribution in [3.8, 4) is 0 Å². The van der Waals surface area contributed by atoms with Gasteiger partial charge in [-0.2, -0.15) is 0 Å². The van der Waals surface area contributed by atoms with Crippen molar-refractivity contribution in [1.82, 2.24) is 10.6 Å². The Morgan fingerprint density at radius 2 is 1.73 bits per heavy atom. The lowest BCUT2D eigenvalue weighted by molar-refractivity contribution is 0.0943. The third-order valence-corrected chi connectivity index (χ3v) is 3.14. The first-order valence-corrected chi connectivity index (χ1v) is 7.98. The summed E-state index contributed by atoms with van der Waals surface area (Å²) in [7, 11) is 0. The van der Waals surface area contributed by atoms with Crippen LogP contribution in [-0.4, -0.2) is 24.5 Å². The molecule has 3 N–H and O–H groups in total. The number of carbonyl (C=O) groups excluding carboxylic acids is 2. The normalized spacial score (nSPS) is 10.4. The average Bonchev–Trinajstić information content (AvgIpc) is 2.47. The van der Waals surface area contributed by atoms with E-state index in [1.165, 1.54) is 12.8 Å². The number of hydrogen-bond donors (Lipinski definition) is 3. The molecule has 1 rings (SSSR count). The Balaban J connectivity index is 2.37. The summed E-state index contributed by atoms with van der Waals surface area (Å²) in [5.41, 5.74) is 1.26. The summed E-state index contributed by atoms with van der Waals surface area (Å²) in [5.74, 6) is -0.109. The van der Waals surface area contributed by atoms with Crippen molar-refractivity contribution < 1.29 is 9.59 Å². The highest BCUT2D eigenvalue weighted by Gasteiger charge is 2.07. The first-order valence-electron chi connectivity index (χ1n) is 7.98. The van der Waals surface area contributed by atoms with Crippen LogP contribution in [0.25, 0.3) is 0 Å². The number of carbonyl (C=O) groups is 2. The highest BCUT2D eigenvalue weighted by molar-refractivity contribution is 5.95. The number of amides is 3. The minimum absolute atomic E-state index is 0.101. The number of nitrogens with one attached hydrogen (secondary N) is 3. The molecule has 122 valence electrons. The van der Waals surface area contributed by atoms with Gasteiger partial charge in [0.05, 0.1) is 0 Å². The molecule has 0 aliphatic rings. The molecule has 0 bridgehead atoms. The molecule has 0 aliphatic heterocycles. The van der Waals surface area contributed by atoms with Gasteiger partial charge < -0.3 is 16.0 Å². The van der Waals surface area contributed by atoms with Gasteiger partial charge in [0, 0.05) is 23.8 Å². The van der Waals surface area contributed by atoms with Crippen molar-refractivity contribution in [1.29, 1.82) is 0 Å². The second kappa shape index (κ2) is 9.82. The fourth-order valence-corrected chi connectivity index (χ4v) is 1.98. The molecule has 0 heterocycles. The Labute approximate surface area is 132 Å². The Bertz CT molecular complexity index is 469. The monoisotopic (exact) mass is 305 g/mol. The number of benzene rings is 1. The fraction of sp³-hybridized carbons (Fsp3) is 0.529. The summed E-state index contributed by atoms with van der Waals surface area (Å²) >= 11 is 0. The molecule has 22 heavy (non-hydrogen) atoms. The Hall–Kier alpha value is -2.04. The molecule has 0 aromatic heterocycles. The van der Waals surface area contributed by atoms with Gasteiger partial charge in [-0.25, -0.2) is 4.79 Å². The maximum atomic E-state index is 11.8. The molecular weight excluding hydrogens is 278 g/mol. The number of urea groups is 1. The van der Waals surface area contributed by atoms with Crippen molar-refractivity contribution in [3.05, 3.63) is 29.8 Å². The molecule has 0 saturated heterocycles. The van der Waals surface area contributed by atoms with Gasteiger partial charge in [-0.1, -0.05) is 26.2 Å². The highest BCUT2D eigenvalue weighted by Crippen LogP contribution is 2.09. The molecule has 0 radical (unpaired) electrons. The minimum Gasteiger partial charge on any atom is -0.350 e. The molecule has 0 aliphatic carbocycles. The quantitative estimate of drug-likeness (QED) is 0.643. The number of rotatable bonds is 8. The number of unbranched alkanes of at least 4 members (excludes halogenated alkanes) is 3. The number of anilines is 1. The summed E-state index contributed by atoms with van der Waals surface area (Å²) in [5, 5.41) is 8.41. The van der Waals surface area contributed by atoms with E-state index >= 15 is 0 Å². The third-order valence-electron chi connectivity index (χ3n) is 3.14. The minimum atomic E-state index is -0.212. The largest absolute Gasteiger partial charge is 0.350 e. The number of hydrogen-bond acceptors (Lipinski definition) is 2. The van der Waals surface area contributed by atoms with E-state index in [0.717, 1.165) is 12.8 Å². The van der Waals surface area contributed by atoms with E-state index < -0.39 is 0 Å². The molecule has 0 spiro atoms. The van der Waals surface area contributed by atoms with Crippen LogP contribution < -0.4 is 16.0 Å². The average molecular weight is 305 g/mol. The van der Waals surface area contributed by atoms with Crippen molar-refractivity contribution in [3.63, 3.8) is 0 Å². The van der Waals surface area contributed by atoms with Crippen LogP contribution in [0.2, 0.25) is 0 Å². The highest BCUT2D eigenvalue weighted by atomic mass is 16.2. The van der Waals surface area contributed by atoms with Gasteiger partial charge in [0.15, 0.2) is 0 Å². The maximum Gasteiger partial charge on any atom is 0.319 e. The lowest BCUT2D eigenvalue weighted by Gasteiger charge is -2.10. The summed E-state index contributed by atoms with van der Waals surface area (Å²) in [6.07, 6.45) is 4.51. The molecule has 1 aromatic carbocycles. The molecule has 0 atom stereocenters. The van der Waals surface area contributed by atoms with Gasteiger partial charge in [-0.15, -0.1) is 0 Å². The molecule has 0 saturated carbocycles.